The standard InChI is InChI=1S/C9H16O4.Al.3H/c1-4-9(5-2,7(10)11)8(12)13-6-3;;;;/h4-6H2,1-3H3,(H,10,11);;;;. The maximum Gasteiger partial charge on any atom is 0.323 e. The number of ether oxygens (including phenoxy) is 1. The fourth-order valence-electron chi connectivity index (χ4n) is 1.20. The van der Waals surface area contributed by atoms with Gasteiger partial charge in [-0.05, 0) is 19.8 Å². The second kappa shape index (κ2) is 6.86. The summed E-state index contributed by atoms with van der Waals surface area (Å²) in [5.41, 5.74) is -1.35. The number of rotatable bonds is 5. The van der Waals surface area contributed by atoms with E-state index in [0.717, 1.165) is 0 Å². The molecule has 0 fully saturated rings. The van der Waals surface area contributed by atoms with Crippen LogP contribution in [0.15, 0.2) is 0 Å². The molecule has 14 heavy (non-hydrogen) atoms. The first-order valence-electron chi connectivity index (χ1n) is 4.45. The predicted molar refractivity (Wildman–Crippen MR) is 57.2 cm³/mol. The Balaban J connectivity index is 0. The topological polar surface area (TPSA) is 63.6 Å². The van der Waals surface area contributed by atoms with Crippen molar-refractivity contribution in [3.8, 4) is 0 Å². The number of aliphatic carboxylic acids is 1. The molecule has 0 aliphatic rings. The van der Waals surface area contributed by atoms with E-state index in [9.17, 15) is 9.59 Å². The number of esters is 1. The predicted octanol–water partition coefficient (Wildman–Crippen LogP) is 0.257. The fourth-order valence-corrected chi connectivity index (χ4v) is 1.20. The zero-order valence-corrected chi connectivity index (χ0v) is 8.29. The van der Waals surface area contributed by atoms with E-state index in [1.807, 2.05) is 0 Å². The van der Waals surface area contributed by atoms with Crippen molar-refractivity contribution in [2.24, 2.45) is 5.41 Å². The molecule has 0 atom stereocenters. The number of carboxylic acids is 1. The molecule has 0 unspecified atom stereocenters. The molecule has 0 heterocycles. The van der Waals surface area contributed by atoms with Crippen LogP contribution in [0.5, 0.6) is 0 Å². The van der Waals surface area contributed by atoms with Crippen molar-refractivity contribution >= 4 is 29.3 Å². The minimum atomic E-state index is -1.35. The van der Waals surface area contributed by atoms with Crippen molar-refractivity contribution in [1.29, 1.82) is 0 Å². The molecule has 0 rings (SSSR count). The average molecular weight is 218 g/mol. The Morgan fingerprint density at radius 1 is 1.21 bits per heavy atom. The minimum absolute atomic E-state index is 0. The van der Waals surface area contributed by atoms with Crippen LogP contribution in [-0.2, 0) is 14.3 Å². The summed E-state index contributed by atoms with van der Waals surface area (Å²) in [7, 11) is 0. The summed E-state index contributed by atoms with van der Waals surface area (Å²) in [6, 6.07) is 0. The van der Waals surface area contributed by atoms with Crippen LogP contribution in [0.1, 0.15) is 33.6 Å². The molecule has 0 aromatic rings. The number of hydrogen-bond donors (Lipinski definition) is 1. The molecule has 0 saturated carbocycles. The van der Waals surface area contributed by atoms with Gasteiger partial charge < -0.3 is 9.84 Å². The van der Waals surface area contributed by atoms with Gasteiger partial charge in [0.2, 0.25) is 0 Å². The summed E-state index contributed by atoms with van der Waals surface area (Å²) in [5.74, 6) is -1.73. The Morgan fingerprint density at radius 2 is 1.64 bits per heavy atom. The smallest absolute Gasteiger partial charge is 0.323 e. The van der Waals surface area contributed by atoms with Crippen LogP contribution in [0.2, 0.25) is 0 Å². The van der Waals surface area contributed by atoms with Crippen molar-refractivity contribution in [1.82, 2.24) is 0 Å². The van der Waals surface area contributed by atoms with E-state index >= 15 is 0 Å². The van der Waals surface area contributed by atoms with Gasteiger partial charge >= 0.3 is 11.9 Å². The third kappa shape index (κ3) is 3.00. The van der Waals surface area contributed by atoms with Crippen LogP contribution in [0.25, 0.3) is 0 Å². The molecule has 0 saturated heterocycles. The first-order chi connectivity index (χ1) is 6.05. The Hall–Kier alpha value is -0.528. The average Bonchev–Trinajstić information content (AvgIpc) is 2.07. The van der Waals surface area contributed by atoms with E-state index < -0.39 is 17.4 Å². The summed E-state index contributed by atoms with van der Waals surface area (Å²) in [5, 5.41) is 8.92. The molecule has 0 aromatic carbocycles. The van der Waals surface area contributed by atoms with E-state index in [2.05, 4.69) is 0 Å². The summed E-state index contributed by atoms with van der Waals surface area (Å²) in [6.45, 7) is 5.23. The van der Waals surface area contributed by atoms with Gasteiger partial charge in [0.25, 0.3) is 0 Å². The van der Waals surface area contributed by atoms with Crippen LogP contribution < -0.4 is 0 Å². The maximum absolute atomic E-state index is 11.4. The Morgan fingerprint density at radius 3 is 1.86 bits per heavy atom. The van der Waals surface area contributed by atoms with Crippen molar-refractivity contribution in [2.45, 2.75) is 33.6 Å². The van der Waals surface area contributed by atoms with Crippen LogP contribution in [0, 0.1) is 5.41 Å². The van der Waals surface area contributed by atoms with Gasteiger partial charge in [-0.2, -0.15) is 0 Å². The first-order valence-corrected chi connectivity index (χ1v) is 4.45. The molecule has 0 radical (unpaired) electrons. The van der Waals surface area contributed by atoms with Crippen molar-refractivity contribution in [2.75, 3.05) is 6.61 Å². The van der Waals surface area contributed by atoms with Crippen LogP contribution >= 0.6 is 0 Å². The van der Waals surface area contributed by atoms with Crippen molar-refractivity contribution in [3.05, 3.63) is 0 Å². The van der Waals surface area contributed by atoms with Gasteiger partial charge in [0.1, 0.15) is 0 Å². The second-order valence-electron chi connectivity index (χ2n) is 2.81. The molecule has 0 aliphatic carbocycles. The zero-order chi connectivity index (χ0) is 10.5. The Bertz CT molecular complexity index is 199. The minimum Gasteiger partial charge on any atom is -0.480 e. The van der Waals surface area contributed by atoms with Crippen molar-refractivity contribution in [3.63, 3.8) is 0 Å². The number of carbonyl (C=O) groups excluding carboxylic acids is 1. The molecule has 82 valence electrons. The molecule has 0 amide bonds. The molecule has 0 aliphatic heterocycles. The molecule has 4 nitrogen and oxygen atoms in total. The van der Waals surface area contributed by atoms with Crippen molar-refractivity contribution < 1.29 is 19.4 Å². The van der Waals surface area contributed by atoms with Crippen LogP contribution in [0.4, 0.5) is 0 Å². The van der Waals surface area contributed by atoms with Gasteiger partial charge in [-0.25, -0.2) is 0 Å². The molecular formula is C9H19AlO4. The monoisotopic (exact) mass is 218 g/mol. The zero-order valence-electron chi connectivity index (χ0n) is 8.29. The molecule has 1 N–H and O–H groups in total. The summed E-state index contributed by atoms with van der Waals surface area (Å²) in [4.78, 5) is 22.3. The molecule has 5 heteroatoms. The largest absolute Gasteiger partial charge is 0.480 e. The quantitative estimate of drug-likeness (QED) is 0.408. The second-order valence-corrected chi connectivity index (χ2v) is 2.81. The summed E-state index contributed by atoms with van der Waals surface area (Å²) < 4.78 is 4.73. The SMILES string of the molecule is CCOC(=O)C(CC)(CC)C(=O)O.[AlH3]. The van der Waals surface area contributed by atoms with Gasteiger partial charge in [0, 0.05) is 0 Å². The highest BCUT2D eigenvalue weighted by atomic mass is 27.0. The summed E-state index contributed by atoms with van der Waals surface area (Å²) in [6.07, 6.45) is 0.523. The molecule has 0 aromatic heterocycles. The van der Waals surface area contributed by atoms with E-state index in [1.165, 1.54) is 0 Å². The van der Waals surface area contributed by atoms with Gasteiger partial charge in [-0.15, -0.1) is 0 Å². The van der Waals surface area contributed by atoms with Gasteiger partial charge in [0.15, 0.2) is 22.8 Å². The molecular weight excluding hydrogens is 199 g/mol. The third-order valence-corrected chi connectivity index (χ3v) is 2.28. The van der Waals surface area contributed by atoms with Gasteiger partial charge in [-0.1, -0.05) is 13.8 Å². The van der Waals surface area contributed by atoms with E-state index in [4.69, 9.17) is 9.84 Å². The third-order valence-electron chi connectivity index (χ3n) is 2.28. The van der Waals surface area contributed by atoms with Gasteiger partial charge in [0.05, 0.1) is 6.61 Å². The highest BCUT2D eigenvalue weighted by Crippen LogP contribution is 2.28. The lowest BCUT2D eigenvalue weighted by Gasteiger charge is -2.23. The van der Waals surface area contributed by atoms with Crippen LogP contribution in [0.3, 0.4) is 0 Å². The van der Waals surface area contributed by atoms with Gasteiger partial charge in [-0.3, -0.25) is 9.59 Å². The fraction of sp³-hybridized carbons (Fsp3) is 0.778. The maximum atomic E-state index is 11.4. The van der Waals surface area contributed by atoms with E-state index in [-0.39, 0.29) is 36.8 Å². The highest BCUT2D eigenvalue weighted by molar-refractivity contribution is 5.99. The Kier molecular flexibility index (Phi) is 7.80. The molecule has 0 spiro atoms. The lowest BCUT2D eigenvalue weighted by molar-refractivity contribution is -0.169. The number of carboxylic acid groups (broad SMARTS) is 1. The summed E-state index contributed by atoms with van der Waals surface area (Å²) >= 11 is 0. The lowest BCUT2D eigenvalue weighted by atomic mass is 9.82. The lowest BCUT2D eigenvalue weighted by Crippen LogP contribution is -2.39. The Labute approximate surface area is 94.8 Å². The first kappa shape index (κ1) is 15.9. The van der Waals surface area contributed by atoms with Crippen LogP contribution in [-0.4, -0.2) is 41.0 Å². The van der Waals surface area contributed by atoms with E-state index in [0.29, 0.717) is 0 Å². The molecule has 0 bridgehead atoms. The number of carbonyl (C=O) groups is 2. The van der Waals surface area contributed by atoms with E-state index in [1.54, 1.807) is 20.8 Å². The number of hydrogen-bond acceptors (Lipinski definition) is 3. The highest BCUT2D eigenvalue weighted by Gasteiger charge is 2.44. The normalized spacial score (nSPS) is 10.2.